The predicted molar refractivity (Wildman–Crippen MR) is 134 cm³/mol. The second-order valence-electron chi connectivity index (χ2n) is 8.69. The van der Waals surface area contributed by atoms with Gasteiger partial charge in [-0.05, 0) is 30.5 Å². The number of rotatable bonds is 13. The van der Waals surface area contributed by atoms with E-state index in [1.807, 2.05) is 0 Å². The van der Waals surface area contributed by atoms with Gasteiger partial charge in [-0.1, -0.05) is 26.0 Å². The lowest BCUT2D eigenvalue weighted by atomic mass is 10.0. The van der Waals surface area contributed by atoms with Crippen LogP contribution in [0.15, 0.2) is 40.1 Å². The standard InChI is InChI=1S/C24H33FN6O6/c1-14(2)20(30-19(32)8-10-37-11-9-26)22(34)28-15(3)21(33)29-17-6-4-16(5-7-17)13-31-23(35)18(25)12-27-24(31)36/h4-7,12,14-15,20H,8-11,13,26H2,1-3H3,(H,27,36)(H,28,34)(H,29,33)(H,30,32)/t15-,20-/m0/s1. The number of aromatic nitrogens is 2. The molecule has 0 bridgehead atoms. The molecule has 0 fully saturated rings. The first kappa shape index (κ1) is 29.4. The third kappa shape index (κ3) is 8.95. The van der Waals surface area contributed by atoms with E-state index in [4.69, 9.17) is 10.5 Å². The van der Waals surface area contributed by atoms with Crippen LogP contribution in [0.1, 0.15) is 32.8 Å². The highest BCUT2D eigenvalue weighted by Gasteiger charge is 2.27. The van der Waals surface area contributed by atoms with Crippen molar-refractivity contribution in [3.05, 3.63) is 62.7 Å². The molecule has 1 aromatic heterocycles. The lowest BCUT2D eigenvalue weighted by Crippen LogP contribution is -2.53. The van der Waals surface area contributed by atoms with E-state index in [0.29, 0.717) is 30.6 Å². The molecule has 2 rings (SSSR count). The first-order valence-electron chi connectivity index (χ1n) is 11.8. The van der Waals surface area contributed by atoms with Crippen molar-refractivity contribution in [3.8, 4) is 0 Å². The van der Waals surface area contributed by atoms with Gasteiger partial charge in [0.1, 0.15) is 12.1 Å². The summed E-state index contributed by atoms with van der Waals surface area (Å²) >= 11 is 0. The number of ether oxygens (including phenoxy) is 1. The van der Waals surface area contributed by atoms with Crippen molar-refractivity contribution in [2.75, 3.05) is 25.1 Å². The van der Waals surface area contributed by atoms with Crippen molar-refractivity contribution >= 4 is 23.4 Å². The predicted octanol–water partition coefficient (Wildman–Crippen LogP) is -0.327. The molecule has 0 saturated heterocycles. The van der Waals surface area contributed by atoms with E-state index < -0.39 is 41.0 Å². The molecular formula is C24H33FN6O6. The number of benzene rings is 1. The van der Waals surface area contributed by atoms with E-state index in [2.05, 4.69) is 20.9 Å². The summed E-state index contributed by atoms with van der Waals surface area (Å²) in [5, 5.41) is 7.91. The third-order valence-electron chi connectivity index (χ3n) is 5.33. The minimum atomic E-state index is -1.07. The number of hydrogen-bond donors (Lipinski definition) is 5. The fourth-order valence-corrected chi connectivity index (χ4v) is 3.26. The second kappa shape index (κ2) is 14.0. The number of carbonyl (C=O) groups excluding carboxylic acids is 3. The van der Waals surface area contributed by atoms with Gasteiger partial charge in [0.15, 0.2) is 0 Å². The van der Waals surface area contributed by atoms with Crippen molar-refractivity contribution in [1.29, 1.82) is 0 Å². The second-order valence-corrected chi connectivity index (χ2v) is 8.69. The number of nitrogens with one attached hydrogen (secondary N) is 4. The molecule has 0 unspecified atom stereocenters. The van der Waals surface area contributed by atoms with E-state index in [1.54, 1.807) is 38.1 Å². The van der Waals surface area contributed by atoms with Crippen LogP contribution in [0.2, 0.25) is 0 Å². The normalized spacial score (nSPS) is 12.6. The number of H-pyrrole nitrogens is 1. The van der Waals surface area contributed by atoms with Crippen LogP contribution in [0.4, 0.5) is 10.1 Å². The Balaban J connectivity index is 1.93. The molecule has 0 saturated carbocycles. The maximum absolute atomic E-state index is 13.5. The van der Waals surface area contributed by atoms with Gasteiger partial charge < -0.3 is 31.4 Å². The van der Waals surface area contributed by atoms with Crippen molar-refractivity contribution in [2.45, 2.75) is 45.8 Å². The Hall–Kier alpha value is -3.84. The summed E-state index contributed by atoms with van der Waals surface area (Å²) in [5.74, 6) is -2.66. The summed E-state index contributed by atoms with van der Waals surface area (Å²) in [6.07, 6.45) is 0.779. The number of amides is 3. The average molecular weight is 521 g/mol. The van der Waals surface area contributed by atoms with Crippen molar-refractivity contribution < 1.29 is 23.5 Å². The zero-order valence-electron chi connectivity index (χ0n) is 21.0. The molecule has 12 nitrogen and oxygen atoms in total. The summed E-state index contributed by atoms with van der Waals surface area (Å²) in [4.78, 5) is 63.2. The lowest BCUT2D eigenvalue weighted by molar-refractivity contribution is -0.132. The van der Waals surface area contributed by atoms with Crippen LogP contribution in [0.5, 0.6) is 0 Å². The van der Waals surface area contributed by atoms with Gasteiger partial charge in [0.25, 0.3) is 5.56 Å². The van der Waals surface area contributed by atoms with E-state index in [1.165, 1.54) is 6.92 Å². The number of anilines is 1. The molecule has 6 N–H and O–H groups in total. The summed E-state index contributed by atoms with van der Waals surface area (Å²) < 4.78 is 19.4. The van der Waals surface area contributed by atoms with Crippen molar-refractivity contribution in [2.24, 2.45) is 11.7 Å². The van der Waals surface area contributed by atoms with Gasteiger partial charge in [0.2, 0.25) is 23.5 Å². The molecule has 13 heteroatoms. The molecule has 202 valence electrons. The van der Waals surface area contributed by atoms with E-state index in [9.17, 15) is 28.4 Å². The molecule has 0 aliphatic rings. The number of halogens is 1. The van der Waals surface area contributed by atoms with Gasteiger partial charge in [-0.3, -0.25) is 23.7 Å². The van der Waals surface area contributed by atoms with Crippen LogP contribution in [-0.4, -0.2) is 59.1 Å². The zero-order valence-corrected chi connectivity index (χ0v) is 21.0. The molecule has 2 atom stereocenters. The molecule has 0 radical (unpaired) electrons. The van der Waals surface area contributed by atoms with Crippen LogP contribution in [0.25, 0.3) is 0 Å². The minimum absolute atomic E-state index is 0.0742. The van der Waals surface area contributed by atoms with Gasteiger partial charge >= 0.3 is 5.69 Å². The summed E-state index contributed by atoms with van der Waals surface area (Å²) in [5.41, 5.74) is 4.48. The summed E-state index contributed by atoms with van der Waals surface area (Å²) in [6.45, 7) is 5.76. The Morgan fingerprint density at radius 3 is 2.35 bits per heavy atom. The molecule has 0 spiro atoms. The van der Waals surface area contributed by atoms with E-state index in [0.717, 1.165) is 4.57 Å². The molecule has 1 heterocycles. The average Bonchev–Trinajstić information content (AvgIpc) is 2.86. The number of nitrogens with two attached hydrogens (primary N) is 1. The van der Waals surface area contributed by atoms with Gasteiger partial charge in [-0.15, -0.1) is 0 Å². The maximum atomic E-state index is 13.5. The van der Waals surface area contributed by atoms with Gasteiger partial charge in [0.05, 0.1) is 19.8 Å². The molecule has 0 aliphatic heterocycles. The Morgan fingerprint density at radius 2 is 1.73 bits per heavy atom. The van der Waals surface area contributed by atoms with Gasteiger partial charge in [-0.25, -0.2) is 4.79 Å². The minimum Gasteiger partial charge on any atom is -0.380 e. The van der Waals surface area contributed by atoms with Crippen LogP contribution in [-0.2, 0) is 25.7 Å². The fraction of sp³-hybridized carbons (Fsp3) is 0.458. The molecule has 37 heavy (non-hydrogen) atoms. The zero-order chi connectivity index (χ0) is 27.5. The van der Waals surface area contributed by atoms with Crippen molar-refractivity contribution in [1.82, 2.24) is 20.2 Å². The first-order valence-corrected chi connectivity index (χ1v) is 11.8. The lowest BCUT2D eigenvalue weighted by Gasteiger charge is -2.24. The fourth-order valence-electron chi connectivity index (χ4n) is 3.26. The highest BCUT2D eigenvalue weighted by atomic mass is 19.1. The Bertz CT molecular complexity index is 1190. The van der Waals surface area contributed by atoms with Crippen LogP contribution >= 0.6 is 0 Å². The Kier molecular flexibility index (Phi) is 11.2. The first-order chi connectivity index (χ1) is 17.5. The Labute approximate surface area is 212 Å². The highest BCUT2D eigenvalue weighted by Crippen LogP contribution is 2.11. The monoisotopic (exact) mass is 520 g/mol. The summed E-state index contributed by atoms with van der Waals surface area (Å²) in [6, 6.07) is 4.47. The van der Waals surface area contributed by atoms with Crippen LogP contribution in [0.3, 0.4) is 0 Å². The highest BCUT2D eigenvalue weighted by molar-refractivity contribution is 5.98. The topological polar surface area (TPSA) is 177 Å². The largest absolute Gasteiger partial charge is 0.380 e. The maximum Gasteiger partial charge on any atom is 0.328 e. The van der Waals surface area contributed by atoms with Gasteiger partial charge in [0, 0.05) is 24.8 Å². The van der Waals surface area contributed by atoms with E-state index in [-0.39, 0.29) is 31.4 Å². The molecule has 2 aromatic rings. The molecular weight excluding hydrogens is 487 g/mol. The molecule has 3 amide bonds. The molecule has 0 aliphatic carbocycles. The SMILES string of the molecule is CC(C)[C@H](NC(=O)CCOCCN)C(=O)N[C@@H](C)C(=O)Nc1ccc(Cn2c(=O)[nH]cc(F)c2=O)cc1. The number of carbonyl (C=O) groups is 3. The van der Waals surface area contributed by atoms with Gasteiger partial charge in [-0.2, -0.15) is 4.39 Å². The van der Waals surface area contributed by atoms with Crippen LogP contribution in [0, 0.1) is 11.7 Å². The van der Waals surface area contributed by atoms with Crippen LogP contribution < -0.4 is 32.9 Å². The summed E-state index contributed by atoms with van der Waals surface area (Å²) in [7, 11) is 0. The number of nitrogens with zero attached hydrogens (tertiary/aromatic N) is 1. The Morgan fingerprint density at radius 1 is 1.05 bits per heavy atom. The number of aromatic amines is 1. The smallest absolute Gasteiger partial charge is 0.328 e. The third-order valence-corrected chi connectivity index (χ3v) is 5.33. The number of hydrogen-bond acceptors (Lipinski definition) is 7. The quantitative estimate of drug-likeness (QED) is 0.225. The molecule has 1 aromatic carbocycles. The van der Waals surface area contributed by atoms with E-state index >= 15 is 0 Å². The van der Waals surface area contributed by atoms with Crippen molar-refractivity contribution in [3.63, 3.8) is 0 Å².